The summed E-state index contributed by atoms with van der Waals surface area (Å²) in [5.74, 6) is 0.225. The molecule has 0 saturated carbocycles. The summed E-state index contributed by atoms with van der Waals surface area (Å²) in [7, 11) is 0. The van der Waals surface area contributed by atoms with E-state index in [0.717, 1.165) is 11.3 Å². The maximum Gasteiger partial charge on any atom is 0.205 e. The summed E-state index contributed by atoms with van der Waals surface area (Å²) in [4.78, 5) is 27.6. The van der Waals surface area contributed by atoms with Crippen LogP contribution in [0.5, 0.6) is 0 Å². The zero-order valence-corrected chi connectivity index (χ0v) is 20.4. The van der Waals surface area contributed by atoms with E-state index in [1.807, 2.05) is 60.7 Å². The van der Waals surface area contributed by atoms with E-state index < -0.39 is 5.92 Å². The maximum absolute atomic E-state index is 14.0. The van der Waals surface area contributed by atoms with Crippen LogP contribution in [-0.4, -0.2) is 11.6 Å². The molecule has 35 heavy (non-hydrogen) atoms. The van der Waals surface area contributed by atoms with Crippen molar-refractivity contribution < 1.29 is 14.3 Å². The molecule has 2 aliphatic rings. The first-order valence-electron chi connectivity index (χ1n) is 11.7. The lowest BCUT2D eigenvalue weighted by atomic mass is 9.69. The minimum atomic E-state index is -0.571. The minimum absolute atomic E-state index is 0.00771. The number of anilines is 1. The van der Waals surface area contributed by atoms with Gasteiger partial charge in [-0.05, 0) is 35.2 Å². The molecule has 1 N–H and O–H groups in total. The number of ether oxygens (including phenoxy) is 1. The number of carbonyl (C=O) groups excluding carboxylic acids is 2. The molecule has 3 aromatic rings. The first-order valence-corrected chi connectivity index (χ1v) is 12.1. The van der Waals surface area contributed by atoms with E-state index in [4.69, 9.17) is 16.3 Å². The third kappa shape index (κ3) is 4.67. The van der Waals surface area contributed by atoms with Crippen LogP contribution < -0.4 is 5.32 Å². The highest BCUT2D eigenvalue weighted by Gasteiger charge is 2.45. The molecule has 0 radical (unpaired) electrons. The van der Waals surface area contributed by atoms with E-state index in [-0.39, 0.29) is 17.0 Å². The highest BCUT2D eigenvalue weighted by Crippen LogP contribution is 2.49. The van der Waals surface area contributed by atoms with E-state index in [0.29, 0.717) is 46.2 Å². The summed E-state index contributed by atoms with van der Waals surface area (Å²) in [5.41, 5.74) is 2.88. The first-order chi connectivity index (χ1) is 16.8. The van der Waals surface area contributed by atoms with E-state index in [1.54, 1.807) is 24.3 Å². The van der Waals surface area contributed by atoms with Gasteiger partial charge in [0.2, 0.25) is 5.88 Å². The van der Waals surface area contributed by atoms with Gasteiger partial charge in [0.15, 0.2) is 11.6 Å². The van der Waals surface area contributed by atoms with Crippen LogP contribution in [0.2, 0.25) is 5.02 Å². The predicted octanol–water partition coefficient (Wildman–Crippen LogP) is 7.30. The topological polar surface area (TPSA) is 55.4 Å². The van der Waals surface area contributed by atoms with Crippen molar-refractivity contribution in [3.8, 4) is 0 Å². The maximum atomic E-state index is 14.0. The number of benzene rings is 3. The third-order valence-electron chi connectivity index (χ3n) is 6.44. The Bertz CT molecular complexity index is 1340. The van der Waals surface area contributed by atoms with Crippen LogP contribution >= 0.6 is 11.6 Å². The molecular formula is C30H26ClNO3. The Morgan fingerprint density at radius 3 is 2.20 bits per heavy atom. The van der Waals surface area contributed by atoms with Gasteiger partial charge in [0.05, 0.1) is 11.5 Å². The molecule has 0 amide bonds. The number of para-hydroxylation sites is 1. The molecule has 3 aromatic carbocycles. The van der Waals surface area contributed by atoms with Gasteiger partial charge in [0.25, 0.3) is 0 Å². The highest BCUT2D eigenvalue weighted by atomic mass is 35.5. The van der Waals surface area contributed by atoms with Crippen molar-refractivity contribution in [2.24, 2.45) is 5.41 Å². The van der Waals surface area contributed by atoms with Crippen molar-refractivity contribution in [1.82, 2.24) is 0 Å². The van der Waals surface area contributed by atoms with E-state index in [9.17, 15) is 9.59 Å². The van der Waals surface area contributed by atoms with Gasteiger partial charge in [-0.15, -0.1) is 0 Å². The number of allylic oxidation sites excluding steroid dienone is 3. The molecule has 1 atom stereocenters. The van der Waals surface area contributed by atoms with Crippen molar-refractivity contribution in [2.45, 2.75) is 32.6 Å². The molecule has 0 spiro atoms. The number of rotatable bonds is 5. The monoisotopic (exact) mass is 483 g/mol. The molecule has 0 saturated heterocycles. The Hall–Kier alpha value is -3.63. The normalized spacial score (nSPS) is 19.2. The fourth-order valence-electron chi connectivity index (χ4n) is 4.86. The van der Waals surface area contributed by atoms with Crippen molar-refractivity contribution in [1.29, 1.82) is 0 Å². The van der Waals surface area contributed by atoms with Crippen molar-refractivity contribution >= 4 is 28.9 Å². The van der Waals surface area contributed by atoms with E-state index in [2.05, 4.69) is 19.2 Å². The summed E-state index contributed by atoms with van der Waals surface area (Å²) in [5, 5.41) is 3.92. The zero-order valence-electron chi connectivity index (χ0n) is 19.7. The third-order valence-corrected chi connectivity index (χ3v) is 6.69. The van der Waals surface area contributed by atoms with Crippen molar-refractivity contribution in [2.75, 3.05) is 5.32 Å². The Morgan fingerprint density at radius 2 is 1.54 bits per heavy atom. The fourth-order valence-corrected chi connectivity index (χ4v) is 4.98. The minimum Gasteiger partial charge on any atom is -0.444 e. The number of nitrogens with one attached hydrogen (secondary N) is 1. The molecule has 0 fully saturated rings. The van der Waals surface area contributed by atoms with Gasteiger partial charge in [-0.3, -0.25) is 9.59 Å². The molecule has 0 aromatic heterocycles. The van der Waals surface area contributed by atoms with Gasteiger partial charge in [-0.25, -0.2) is 0 Å². The van der Waals surface area contributed by atoms with Crippen LogP contribution in [0, 0.1) is 5.41 Å². The molecule has 176 valence electrons. The molecule has 0 bridgehead atoms. The second-order valence-electron chi connectivity index (χ2n) is 9.79. The van der Waals surface area contributed by atoms with Crippen LogP contribution in [0.4, 0.5) is 5.69 Å². The van der Waals surface area contributed by atoms with Crippen LogP contribution in [0.25, 0.3) is 0 Å². The summed E-state index contributed by atoms with van der Waals surface area (Å²) in [6.45, 7) is 4.13. The van der Waals surface area contributed by atoms with E-state index in [1.165, 1.54) is 0 Å². The molecule has 1 aliphatic carbocycles. The zero-order chi connectivity index (χ0) is 24.6. The number of carbonyl (C=O) groups is 2. The number of hydrogen-bond donors (Lipinski definition) is 1. The molecule has 1 heterocycles. The Labute approximate surface area is 210 Å². The SMILES string of the molecule is CC1(C)CC(=O)C2=C(C1)OC(Nc1ccccc1)=C(C(=O)c1ccccc1)C2c1ccc(Cl)cc1. The standard InChI is InChI=1S/C30H26ClNO3/c1-30(2)17-23(33)26-24(18-30)35-29(32-22-11-7-4-8-12-22)27(28(34)20-9-5-3-6-10-20)25(26)19-13-15-21(31)16-14-19/h3-16,25,32H,17-18H2,1-2H3. The molecule has 4 nitrogen and oxygen atoms in total. The van der Waals surface area contributed by atoms with Crippen molar-refractivity contribution in [3.05, 3.63) is 124 Å². The van der Waals surface area contributed by atoms with Gasteiger partial charge in [-0.2, -0.15) is 0 Å². The van der Waals surface area contributed by atoms with Crippen LogP contribution in [0.15, 0.2) is 108 Å². The van der Waals surface area contributed by atoms with Crippen LogP contribution in [0.3, 0.4) is 0 Å². The number of ketones is 2. The van der Waals surface area contributed by atoms with Gasteiger partial charge in [0, 0.05) is 34.7 Å². The number of hydrogen-bond acceptors (Lipinski definition) is 4. The largest absolute Gasteiger partial charge is 0.444 e. The molecule has 1 unspecified atom stereocenters. The van der Waals surface area contributed by atoms with Gasteiger partial charge < -0.3 is 10.1 Å². The Kier molecular flexibility index (Phi) is 6.08. The smallest absolute Gasteiger partial charge is 0.205 e. The second-order valence-corrected chi connectivity index (χ2v) is 10.2. The van der Waals surface area contributed by atoms with Gasteiger partial charge in [0.1, 0.15) is 5.76 Å². The fraction of sp³-hybridized carbons (Fsp3) is 0.200. The summed E-state index contributed by atoms with van der Waals surface area (Å²) >= 11 is 6.19. The van der Waals surface area contributed by atoms with Crippen LogP contribution in [-0.2, 0) is 9.53 Å². The number of halogens is 1. The molecular weight excluding hydrogens is 458 g/mol. The highest BCUT2D eigenvalue weighted by molar-refractivity contribution is 6.30. The lowest BCUT2D eigenvalue weighted by Crippen LogP contribution is -2.35. The Balaban J connectivity index is 1.73. The quantitative estimate of drug-likeness (QED) is 0.387. The average molecular weight is 484 g/mol. The first kappa shape index (κ1) is 23.1. The summed E-state index contributed by atoms with van der Waals surface area (Å²) < 4.78 is 6.41. The Morgan fingerprint density at radius 1 is 0.914 bits per heavy atom. The lowest BCUT2D eigenvalue weighted by Gasteiger charge is -2.39. The van der Waals surface area contributed by atoms with E-state index >= 15 is 0 Å². The van der Waals surface area contributed by atoms with Crippen molar-refractivity contribution in [3.63, 3.8) is 0 Å². The average Bonchev–Trinajstić information content (AvgIpc) is 2.84. The van der Waals surface area contributed by atoms with Gasteiger partial charge in [-0.1, -0.05) is 86.1 Å². The molecule has 5 heteroatoms. The summed E-state index contributed by atoms with van der Waals surface area (Å²) in [6.07, 6.45) is 0.998. The second kappa shape index (κ2) is 9.20. The van der Waals surface area contributed by atoms with Gasteiger partial charge >= 0.3 is 0 Å². The predicted molar refractivity (Wildman–Crippen MR) is 138 cm³/mol. The molecule has 1 aliphatic heterocycles. The van der Waals surface area contributed by atoms with Crippen LogP contribution in [0.1, 0.15) is 48.5 Å². The lowest BCUT2D eigenvalue weighted by molar-refractivity contribution is -0.119. The number of Topliss-reactive ketones (excluding diaryl/α,β-unsaturated/α-hetero) is 2. The molecule has 5 rings (SSSR count). The summed E-state index contributed by atoms with van der Waals surface area (Å²) in [6, 6.07) is 26.0.